The second kappa shape index (κ2) is 1.65. The molecule has 0 aromatic heterocycles. The van der Waals surface area contributed by atoms with Gasteiger partial charge in [0.1, 0.15) is 0 Å². The Hall–Kier alpha value is -0.330. The van der Waals surface area contributed by atoms with Crippen LogP contribution in [0.3, 0.4) is 0 Å². The molecule has 2 unspecified atom stereocenters. The van der Waals surface area contributed by atoms with Crippen LogP contribution in [0.4, 0.5) is 0 Å². The lowest BCUT2D eigenvalue weighted by Crippen LogP contribution is -1.94. The number of hydrogen-bond acceptors (Lipinski definition) is 1. The molecule has 2 atom stereocenters. The number of hydrogen-bond donors (Lipinski definition) is 0. The van der Waals surface area contributed by atoms with Crippen LogP contribution in [0.15, 0.2) is 4.99 Å². The van der Waals surface area contributed by atoms with Gasteiger partial charge in [-0.1, -0.05) is 6.92 Å². The van der Waals surface area contributed by atoms with E-state index >= 15 is 0 Å². The molecule has 1 heteroatoms. The topological polar surface area (TPSA) is 12.4 Å². The standard InChI is InChI=1S/C6H11N/c1-5-3-6(2)7-4-5/h4-6H,3H2,1-2H3. The van der Waals surface area contributed by atoms with Crippen molar-refractivity contribution in [3.63, 3.8) is 0 Å². The van der Waals surface area contributed by atoms with Gasteiger partial charge in [0, 0.05) is 12.3 Å². The Labute approximate surface area is 44.5 Å². The number of nitrogens with zero attached hydrogens (tertiary/aromatic N) is 1. The Kier molecular flexibility index (Phi) is 1.13. The van der Waals surface area contributed by atoms with Gasteiger partial charge in [-0.3, -0.25) is 4.99 Å². The predicted molar refractivity (Wildman–Crippen MR) is 31.7 cm³/mol. The summed E-state index contributed by atoms with van der Waals surface area (Å²) in [6.07, 6.45) is 3.30. The minimum Gasteiger partial charge on any atom is -0.294 e. The highest BCUT2D eigenvalue weighted by Gasteiger charge is 2.09. The maximum absolute atomic E-state index is 4.19. The van der Waals surface area contributed by atoms with Crippen LogP contribution in [0.5, 0.6) is 0 Å². The van der Waals surface area contributed by atoms with E-state index in [2.05, 4.69) is 18.8 Å². The molecule has 40 valence electrons. The third-order valence-corrected chi connectivity index (χ3v) is 1.31. The zero-order valence-electron chi connectivity index (χ0n) is 4.89. The first-order valence-electron chi connectivity index (χ1n) is 2.82. The lowest BCUT2D eigenvalue weighted by Gasteiger charge is -1.95. The SMILES string of the molecule is CC1C=NC(C)C1. The van der Waals surface area contributed by atoms with Crippen LogP contribution in [-0.2, 0) is 0 Å². The molecular weight excluding hydrogens is 86.1 g/mol. The van der Waals surface area contributed by atoms with Crippen molar-refractivity contribution in [3.8, 4) is 0 Å². The Morgan fingerprint density at radius 3 is 2.43 bits per heavy atom. The Morgan fingerprint density at radius 2 is 2.29 bits per heavy atom. The van der Waals surface area contributed by atoms with Crippen molar-refractivity contribution < 1.29 is 0 Å². The van der Waals surface area contributed by atoms with Gasteiger partial charge < -0.3 is 0 Å². The third kappa shape index (κ3) is 1.02. The van der Waals surface area contributed by atoms with Gasteiger partial charge in [-0.2, -0.15) is 0 Å². The Balaban J connectivity index is 2.42. The third-order valence-electron chi connectivity index (χ3n) is 1.31. The van der Waals surface area contributed by atoms with E-state index in [0.29, 0.717) is 6.04 Å². The molecule has 0 saturated carbocycles. The van der Waals surface area contributed by atoms with Crippen molar-refractivity contribution in [3.05, 3.63) is 0 Å². The van der Waals surface area contributed by atoms with E-state index < -0.39 is 0 Å². The molecule has 0 saturated heterocycles. The van der Waals surface area contributed by atoms with E-state index in [1.807, 2.05) is 6.21 Å². The molecular formula is C6H11N. The van der Waals surface area contributed by atoms with Gasteiger partial charge >= 0.3 is 0 Å². The van der Waals surface area contributed by atoms with E-state index in [4.69, 9.17) is 0 Å². The molecule has 7 heavy (non-hydrogen) atoms. The van der Waals surface area contributed by atoms with Crippen molar-refractivity contribution in [2.45, 2.75) is 26.3 Å². The average Bonchev–Trinajstić information content (AvgIpc) is 1.87. The summed E-state index contributed by atoms with van der Waals surface area (Å²) < 4.78 is 0. The second-order valence-corrected chi connectivity index (χ2v) is 2.36. The smallest absolute Gasteiger partial charge is 0.0473 e. The summed E-state index contributed by atoms with van der Waals surface area (Å²) >= 11 is 0. The van der Waals surface area contributed by atoms with Crippen molar-refractivity contribution in [2.75, 3.05) is 0 Å². The minimum atomic E-state index is 0.593. The van der Waals surface area contributed by atoms with Gasteiger partial charge in [0.2, 0.25) is 0 Å². The second-order valence-electron chi connectivity index (χ2n) is 2.36. The molecule has 0 N–H and O–H groups in total. The van der Waals surface area contributed by atoms with Crippen LogP contribution in [0, 0.1) is 5.92 Å². The van der Waals surface area contributed by atoms with Crippen molar-refractivity contribution in [2.24, 2.45) is 10.9 Å². The van der Waals surface area contributed by atoms with E-state index in [1.54, 1.807) is 0 Å². The predicted octanol–water partition coefficient (Wildman–Crippen LogP) is 1.49. The van der Waals surface area contributed by atoms with Gasteiger partial charge in [0.15, 0.2) is 0 Å². The molecule has 1 aliphatic heterocycles. The lowest BCUT2D eigenvalue weighted by molar-refractivity contribution is 0.644. The van der Waals surface area contributed by atoms with Gasteiger partial charge in [-0.15, -0.1) is 0 Å². The summed E-state index contributed by atoms with van der Waals surface area (Å²) in [5.74, 6) is 0.731. The van der Waals surface area contributed by atoms with Crippen molar-refractivity contribution >= 4 is 6.21 Å². The Morgan fingerprint density at radius 1 is 1.57 bits per heavy atom. The molecule has 0 bridgehead atoms. The molecule has 0 aromatic carbocycles. The van der Waals surface area contributed by atoms with Crippen molar-refractivity contribution in [1.29, 1.82) is 0 Å². The molecule has 0 fully saturated rings. The fraction of sp³-hybridized carbons (Fsp3) is 0.833. The molecule has 1 rings (SSSR count). The fourth-order valence-electron chi connectivity index (χ4n) is 0.954. The monoisotopic (exact) mass is 97.1 g/mol. The minimum absolute atomic E-state index is 0.593. The summed E-state index contributed by atoms with van der Waals surface area (Å²) in [5, 5.41) is 0. The van der Waals surface area contributed by atoms with Gasteiger partial charge in [-0.25, -0.2) is 0 Å². The van der Waals surface area contributed by atoms with Crippen molar-refractivity contribution in [1.82, 2.24) is 0 Å². The molecule has 0 radical (unpaired) electrons. The molecule has 0 aromatic rings. The van der Waals surface area contributed by atoms with Crippen LogP contribution in [0.1, 0.15) is 20.3 Å². The van der Waals surface area contributed by atoms with E-state index in [1.165, 1.54) is 6.42 Å². The zero-order valence-corrected chi connectivity index (χ0v) is 4.89. The molecule has 1 aliphatic rings. The van der Waals surface area contributed by atoms with E-state index in [9.17, 15) is 0 Å². The quantitative estimate of drug-likeness (QED) is 0.434. The van der Waals surface area contributed by atoms with Gasteiger partial charge in [-0.05, 0) is 19.3 Å². The maximum Gasteiger partial charge on any atom is 0.0473 e. The molecule has 0 aliphatic carbocycles. The summed E-state index contributed by atoms with van der Waals surface area (Å²) in [5.41, 5.74) is 0. The van der Waals surface area contributed by atoms with Crippen LogP contribution in [0.25, 0.3) is 0 Å². The summed E-state index contributed by atoms with van der Waals surface area (Å²) in [7, 11) is 0. The highest BCUT2D eigenvalue weighted by atomic mass is 14.8. The first kappa shape index (κ1) is 4.82. The van der Waals surface area contributed by atoms with E-state index in [-0.39, 0.29) is 0 Å². The van der Waals surface area contributed by atoms with Crippen LogP contribution in [0.2, 0.25) is 0 Å². The van der Waals surface area contributed by atoms with Crippen LogP contribution < -0.4 is 0 Å². The molecule has 0 spiro atoms. The van der Waals surface area contributed by atoms with E-state index in [0.717, 1.165) is 5.92 Å². The largest absolute Gasteiger partial charge is 0.294 e. The Bertz CT molecular complexity index is 76.2. The maximum atomic E-state index is 4.19. The van der Waals surface area contributed by atoms with Gasteiger partial charge in [0.05, 0.1) is 0 Å². The first-order valence-corrected chi connectivity index (χ1v) is 2.82. The summed E-state index contributed by atoms with van der Waals surface area (Å²) in [6, 6.07) is 0.593. The van der Waals surface area contributed by atoms with Gasteiger partial charge in [0.25, 0.3) is 0 Å². The zero-order chi connectivity index (χ0) is 5.28. The molecule has 1 nitrogen and oxygen atoms in total. The number of rotatable bonds is 0. The van der Waals surface area contributed by atoms with Crippen LogP contribution >= 0.6 is 0 Å². The molecule has 1 heterocycles. The first-order chi connectivity index (χ1) is 3.29. The average molecular weight is 97.2 g/mol. The number of aliphatic imine (C=N–C) groups is 1. The highest BCUT2D eigenvalue weighted by molar-refractivity contribution is 5.62. The van der Waals surface area contributed by atoms with Crippen LogP contribution in [-0.4, -0.2) is 12.3 Å². The fourth-order valence-corrected chi connectivity index (χ4v) is 0.954. The molecule has 0 amide bonds. The summed E-state index contributed by atoms with van der Waals surface area (Å²) in [6.45, 7) is 4.35. The highest BCUT2D eigenvalue weighted by Crippen LogP contribution is 2.12. The normalized spacial score (nSPS) is 39.7. The lowest BCUT2D eigenvalue weighted by atomic mass is 10.1. The summed E-state index contributed by atoms with van der Waals surface area (Å²) in [4.78, 5) is 4.19.